The lowest BCUT2D eigenvalue weighted by atomic mass is 10.1. The average molecular weight is 543 g/mol. The van der Waals surface area contributed by atoms with E-state index in [1.54, 1.807) is 59.6 Å². The summed E-state index contributed by atoms with van der Waals surface area (Å²) < 4.78 is 5.95. The predicted molar refractivity (Wildman–Crippen MR) is 150 cm³/mol. The molecular formula is C28H26N6O4S. The van der Waals surface area contributed by atoms with E-state index in [1.807, 2.05) is 6.92 Å². The molecule has 1 atom stereocenters. The smallest absolute Gasteiger partial charge is 0.331 e. The molecular weight excluding hydrogens is 516 g/mol. The van der Waals surface area contributed by atoms with Gasteiger partial charge in [-0.05, 0) is 68.3 Å². The second-order valence-electron chi connectivity index (χ2n) is 9.51. The Labute approximate surface area is 228 Å². The average Bonchev–Trinajstić information content (AvgIpc) is 3.30. The third kappa shape index (κ3) is 4.55. The van der Waals surface area contributed by atoms with Crippen molar-refractivity contribution >= 4 is 56.5 Å². The monoisotopic (exact) mass is 542 g/mol. The normalized spacial score (nSPS) is 16.6. The maximum Gasteiger partial charge on any atom is 0.331 e. The quantitative estimate of drug-likeness (QED) is 0.280. The number of hydrogen-bond acceptors (Lipinski definition) is 7. The Morgan fingerprint density at radius 3 is 2.79 bits per heavy atom. The molecule has 4 amide bonds. The van der Waals surface area contributed by atoms with Crippen LogP contribution >= 0.6 is 11.3 Å². The fourth-order valence-electron chi connectivity index (χ4n) is 5.04. The van der Waals surface area contributed by atoms with E-state index in [-0.39, 0.29) is 23.5 Å². The Morgan fingerprint density at radius 2 is 2.03 bits per heavy atom. The van der Waals surface area contributed by atoms with Crippen LogP contribution in [0.2, 0.25) is 0 Å². The van der Waals surface area contributed by atoms with Crippen molar-refractivity contribution < 1.29 is 19.1 Å². The predicted octanol–water partition coefficient (Wildman–Crippen LogP) is 4.66. The van der Waals surface area contributed by atoms with Gasteiger partial charge in [0, 0.05) is 18.8 Å². The third-order valence-corrected chi connectivity index (χ3v) is 7.97. The number of thiophene rings is 1. The Bertz CT molecular complexity index is 1630. The van der Waals surface area contributed by atoms with E-state index >= 15 is 0 Å². The Hall–Kier alpha value is -4.48. The zero-order valence-electron chi connectivity index (χ0n) is 21.1. The summed E-state index contributed by atoms with van der Waals surface area (Å²) in [6.45, 7) is 3.55. The standard InChI is InChI=1S/C28H26N6O4S/c1-15-13-17(38-21-7-3-2-6-18(21)25(29)35)8-9-19(15)34-20-10-12-31-27-22(20)23(33-28(34)37)24(39-27)26(36)32-16-5-4-11-30-14-16/h2-3,6-10,12-13,16,30H,4-5,11,14H2,1H3,(H2,29,35)(H,32,36)(H,33,37)/t16-/m1/s1. The number of carbonyl (C=O) groups excluding carboxylic acids is 3. The molecule has 0 saturated carbocycles. The molecule has 2 aliphatic rings. The van der Waals surface area contributed by atoms with E-state index in [0.717, 1.165) is 36.9 Å². The fourth-order valence-corrected chi connectivity index (χ4v) is 6.06. The number of nitrogens with two attached hydrogens (primary N) is 1. The molecule has 39 heavy (non-hydrogen) atoms. The lowest BCUT2D eigenvalue weighted by molar-refractivity contribution is 0.0934. The number of ether oxygens (including phenoxy) is 1. The summed E-state index contributed by atoms with van der Waals surface area (Å²) in [5.74, 6) is 0.0482. The number of nitrogens with zero attached hydrogens (tertiary/aromatic N) is 2. The summed E-state index contributed by atoms with van der Waals surface area (Å²) in [6.07, 6.45) is 3.56. The maximum atomic E-state index is 13.5. The summed E-state index contributed by atoms with van der Waals surface area (Å²) >= 11 is 1.27. The first-order chi connectivity index (χ1) is 18.9. The van der Waals surface area contributed by atoms with Gasteiger partial charge in [0.1, 0.15) is 21.2 Å². The number of para-hydroxylation sites is 1. The number of primary amides is 1. The molecule has 0 unspecified atom stereocenters. The molecule has 2 aliphatic heterocycles. The van der Waals surface area contributed by atoms with Gasteiger partial charge in [-0.2, -0.15) is 0 Å². The highest BCUT2D eigenvalue weighted by Crippen LogP contribution is 2.46. The molecule has 0 aliphatic carbocycles. The zero-order chi connectivity index (χ0) is 27.1. The summed E-state index contributed by atoms with van der Waals surface area (Å²) in [5, 5.41) is 10.1. The highest BCUT2D eigenvalue weighted by atomic mass is 32.1. The van der Waals surface area contributed by atoms with Gasteiger partial charge in [0.05, 0.1) is 28.0 Å². The minimum Gasteiger partial charge on any atom is -0.457 e. The number of hydrogen-bond donors (Lipinski definition) is 4. The molecule has 2 aromatic heterocycles. The Morgan fingerprint density at radius 1 is 1.18 bits per heavy atom. The van der Waals surface area contributed by atoms with Crippen molar-refractivity contribution in [3.05, 3.63) is 70.7 Å². The number of anilines is 3. The van der Waals surface area contributed by atoms with Crippen LogP contribution in [-0.2, 0) is 0 Å². The number of nitrogens with one attached hydrogen (secondary N) is 3. The first-order valence-electron chi connectivity index (χ1n) is 12.6. The van der Waals surface area contributed by atoms with Crippen LogP contribution in [0, 0.1) is 6.92 Å². The zero-order valence-corrected chi connectivity index (χ0v) is 21.9. The molecule has 0 radical (unpaired) electrons. The van der Waals surface area contributed by atoms with Crippen LogP contribution in [0.5, 0.6) is 11.5 Å². The molecule has 1 saturated heterocycles. The summed E-state index contributed by atoms with van der Waals surface area (Å²) in [7, 11) is 0. The van der Waals surface area contributed by atoms with E-state index < -0.39 is 5.91 Å². The number of aromatic nitrogens is 1. The minimum absolute atomic E-state index is 0.0465. The second kappa shape index (κ2) is 10.0. The molecule has 6 rings (SSSR count). The van der Waals surface area contributed by atoms with Gasteiger partial charge in [-0.1, -0.05) is 12.1 Å². The number of aryl methyl sites for hydroxylation is 1. The van der Waals surface area contributed by atoms with Crippen LogP contribution in [0.1, 0.15) is 38.4 Å². The van der Waals surface area contributed by atoms with E-state index in [4.69, 9.17) is 10.5 Å². The molecule has 4 heterocycles. The first-order valence-corrected chi connectivity index (χ1v) is 13.4. The molecule has 10 nitrogen and oxygen atoms in total. The molecule has 5 N–H and O–H groups in total. The topological polar surface area (TPSA) is 139 Å². The highest BCUT2D eigenvalue weighted by molar-refractivity contribution is 7.21. The second-order valence-corrected chi connectivity index (χ2v) is 10.5. The number of amides is 4. The molecule has 1 fully saturated rings. The van der Waals surface area contributed by atoms with Crippen LogP contribution in [-0.4, -0.2) is 42.0 Å². The van der Waals surface area contributed by atoms with Gasteiger partial charge >= 0.3 is 6.03 Å². The van der Waals surface area contributed by atoms with Gasteiger partial charge in [0.25, 0.3) is 11.8 Å². The molecule has 0 bridgehead atoms. The molecule has 198 valence electrons. The number of carbonyl (C=O) groups is 3. The van der Waals surface area contributed by atoms with Crippen molar-refractivity contribution in [2.45, 2.75) is 25.8 Å². The van der Waals surface area contributed by atoms with Crippen molar-refractivity contribution in [2.24, 2.45) is 5.73 Å². The molecule has 2 aromatic carbocycles. The van der Waals surface area contributed by atoms with Gasteiger partial charge in [-0.25, -0.2) is 9.78 Å². The fraction of sp³-hybridized carbons (Fsp3) is 0.214. The van der Waals surface area contributed by atoms with Crippen molar-refractivity contribution in [1.82, 2.24) is 15.6 Å². The van der Waals surface area contributed by atoms with E-state index in [1.165, 1.54) is 11.3 Å². The van der Waals surface area contributed by atoms with Gasteiger partial charge in [0.2, 0.25) is 0 Å². The number of rotatable bonds is 6. The third-order valence-electron chi connectivity index (χ3n) is 6.87. The number of urea groups is 1. The highest BCUT2D eigenvalue weighted by Gasteiger charge is 2.33. The first kappa shape index (κ1) is 24.8. The Balaban J connectivity index is 1.33. The van der Waals surface area contributed by atoms with Crippen molar-refractivity contribution in [1.29, 1.82) is 0 Å². The van der Waals surface area contributed by atoms with Gasteiger partial charge in [-0.3, -0.25) is 14.5 Å². The van der Waals surface area contributed by atoms with E-state index in [2.05, 4.69) is 20.9 Å². The Kier molecular flexibility index (Phi) is 6.37. The summed E-state index contributed by atoms with van der Waals surface area (Å²) in [4.78, 5) is 45.6. The van der Waals surface area contributed by atoms with Crippen molar-refractivity contribution in [3.63, 3.8) is 0 Å². The number of pyridine rings is 1. The van der Waals surface area contributed by atoms with E-state index in [9.17, 15) is 14.4 Å². The maximum absolute atomic E-state index is 13.5. The van der Waals surface area contributed by atoms with Crippen LogP contribution in [0.15, 0.2) is 54.7 Å². The largest absolute Gasteiger partial charge is 0.457 e. The van der Waals surface area contributed by atoms with Crippen LogP contribution in [0.3, 0.4) is 0 Å². The lowest BCUT2D eigenvalue weighted by Gasteiger charge is -2.30. The van der Waals surface area contributed by atoms with Crippen LogP contribution in [0.4, 0.5) is 21.9 Å². The minimum atomic E-state index is -0.583. The summed E-state index contributed by atoms with van der Waals surface area (Å²) in [5.41, 5.74) is 8.30. The van der Waals surface area contributed by atoms with Crippen molar-refractivity contribution in [3.8, 4) is 11.5 Å². The molecule has 0 spiro atoms. The summed E-state index contributed by atoms with van der Waals surface area (Å²) in [6, 6.07) is 13.5. The van der Waals surface area contributed by atoms with Crippen LogP contribution in [0.25, 0.3) is 10.2 Å². The molecule has 4 aromatic rings. The number of piperidine rings is 1. The SMILES string of the molecule is Cc1cc(Oc2ccccc2C(N)=O)ccc1N1C(=O)Nc2c(C(=O)N[C@@H]3CCCNC3)sc3nccc1c23. The van der Waals surface area contributed by atoms with Crippen LogP contribution < -0.4 is 31.3 Å². The molecule has 11 heteroatoms. The van der Waals surface area contributed by atoms with Gasteiger partial charge in [0.15, 0.2) is 0 Å². The van der Waals surface area contributed by atoms with Crippen molar-refractivity contribution in [2.75, 3.05) is 23.3 Å². The van der Waals surface area contributed by atoms with Gasteiger partial charge in [-0.15, -0.1) is 11.3 Å². The number of benzene rings is 2. The lowest BCUT2D eigenvalue weighted by Crippen LogP contribution is -2.45. The van der Waals surface area contributed by atoms with Gasteiger partial charge < -0.3 is 26.4 Å². The van der Waals surface area contributed by atoms with E-state index in [0.29, 0.717) is 38.3 Å².